The SMILES string of the molecule is Cc1ccc(SCCN)cc1C. The maximum absolute atomic E-state index is 5.42. The number of thioether (sulfide) groups is 1. The number of nitrogens with two attached hydrogens (primary N) is 1. The maximum Gasteiger partial charge on any atom is 0.0103 e. The molecule has 0 aliphatic heterocycles. The van der Waals surface area contributed by atoms with E-state index in [0.29, 0.717) is 0 Å². The van der Waals surface area contributed by atoms with E-state index in [4.69, 9.17) is 5.73 Å². The van der Waals surface area contributed by atoms with E-state index in [1.54, 1.807) is 0 Å². The van der Waals surface area contributed by atoms with Gasteiger partial charge in [0.25, 0.3) is 0 Å². The Hall–Kier alpha value is -0.470. The molecule has 66 valence electrons. The molecule has 0 atom stereocenters. The molecule has 0 unspecified atom stereocenters. The Labute approximate surface area is 78.4 Å². The van der Waals surface area contributed by atoms with E-state index >= 15 is 0 Å². The number of benzene rings is 1. The van der Waals surface area contributed by atoms with Gasteiger partial charge >= 0.3 is 0 Å². The van der Waals surface area contributed by atoms with Gasteiger partial charge in [0, 0.05) is 17.2 Å². The Morgan fingerprint density at radius 1 is 1.25 bits per heavy atom. The van der Waals surface area contributed by atoms with Crippen molar-refractivity contribution in [1.82, 2.24) is 0 Å². The molecule has 0 heterocycles. The number of hydrogen-bond acceptors (Lipinski definition) is 2. The fourth-order valence-electron chi connectivity index (χ4n) is 0.980. The summed E-state index contributed by atoms with van der Waals surface area (Å²) in [6, 6.07) is 6.53. The quantitative estimate of drug-likeness (QED) is 0.724. The predicted molar refractivity (Wildman–Crippen MR) is 55.7 cm³/mol. The Bertz CT molecular complexity index is 258. The second-order valence-corrected chi connectivity index (χ2v) is 4.05. The van der Waals surface area contributed by atoms with Gasteiger partial charge in [-0.25, -0.2) is 0 Å². The first-order valence-electron chi connectivity index (χ1n) is 4.14. The molecular formula is C10H15NS. The smallest absolute Gasteiger partial charge is 0.0103 e. The van der Waals surface area contributed by atoms with E-state index in [1.165, 1.54) is 16.0 Å². The van der Waals surface area contributed by atoms with Crippen LogP contribution in [-0.4, -0.2) is 12.3 Å². The molecule has 12 heavy (non-hydrogen) atoms. The highest BCUT2D eigenvalue weighted by Gasteiger charge is 1.95. The third-order valence-electron chi connectivity index (χ3n) is 1.86. The molecule has 0 aliphatic rings. The minimum Gasteiger partial charge on any atom is -0.330 e. The molecule has 1 rings (SSSR count). The van der Waals surface area contributed by atoms with Crippen molar-refractivity contribution in [3.05, 3.63) is 29.3 Å². The first-order valence-corrected chi connectivity index (χ1v) is 5.12. The van der Waals surface area contributed by atoms with Gasteiger partial charge in [-0.3, -0.25) is 0 Å². The van der Waals surface area contributed by atoms with E-state index in [9.17, 15) is 0 Å². The van der Waals surface area contributed by atoms with Crippen LogP contribution in [0.25, 0.3) is 0 Å². The first kappa shape index (κ1) is 9.62. The van der Waals surface area contributed by atoms with Gasteiger partial charge in [0.05, 0.1) is 0 Å². The topological polar surface area (TPSA) is 26.0 Å². The number of rotatable bonds is 3. The summed E-state index contributed by atoms with van der Waals surface area (Å²) in [6.07, 6.45) is 0. The normalized spacial score (nSPS) is 10.2. The van der Waals surface area contributed by atoms with Crippen LogP contribution in [0.15, 0.2) is 23.1 Å². The Morgan fingerprint density at radius 2 is 2.00 bits per heavy atom. The summed E-state index contributed by atoms with van der Waals surface area (Å²) in [5.41, 5.74) is 8.14. The molecule has 1 aromatic carbocycles. The monoisotopic (exact) mass is 181 g/mol. The molecule has 1 aromatic rings. The zero-order valence-electron chi connectivity index (χ0n) is 7.63. The van der Waals surface area contributed by atoms with Crippen molar-refractivity contribution in [2.75, 3.05) is 12.3 Å². The third-order valence-corrected chi connectivity index (χ3v) is 2.89. The lowest BCUT2D eigenvalue weighted by molar-refractivity contribution is 1.15. The standard InChI is InChI=1S/C10H15NS/c1-8-3-4-10(7-9(8)2)12-6-5-11/h3-4,7H,5-6,11H2,1-2H3. The van der Waals surface area contributed by atoms with E-state index < -0.39 is 0 Å². The largest absolute Gasteiger partial charge is 0.330 e. The number of aryl methyl sites for hydroxylation is 2. The molecule has 0 radical (unpaired) electrons. The second kappa shape index (κ2) is 4.53. The third kappa shape index (κ3) is 2.54. The molecule has 0 aliphatic carbocycles. The lowest BCUT2D eigenvalue weighted by atomic mass is 10.1. The van der Waals surface area contributed by atoms with Gasteiger partial charge < -0.3 is 5.73 Å². The van der Waals surface area contributed by atoms with Gasteiger partial charge in [0.15, 0.2) is 0 Å². The van der Waals surface area contributed by atoms with Crippen molar-refractivity contribution >= 4 is 11.8 Å². The predicted octanol–water partition coefficient (Wildman–Crippen LogP) is 2.35. The fourth-order valence-corrected chi connectivity index (χ4v) is 1.76. The average molecular weight is 181 g/mol. The van der Waals surface area contributed by atoms with Crippen LogP contribution in [0.4, 0.5) is 0 Å². The van der Waals surface area contributed by atoms with Crippen LogP contribution >= 0.6 is 11.8 Å². The highest BCUT2D eigenvalue weighted by molar-refractivity contribution is 7.99. The molecule has 0 saturated carbocycles. The molecular weight excluding hydrogens is 166 g/mol. The van der Waals surface area contributed by atoms with Gasteiger partial charge in [-0.05, 0) is 37.1 Å². The van der Waals surface area contributed by atoms with Crippen molar-refractivity contribution in [3.8, 4) is 0 Å². The van der Waals surface area contributed by atoms with Gasteiger partial charge in [0.2, 0.25) is 0 Å². The summed E-state index contributed by atoms with van der Waals surface area (Å²) < 4.78 is 0. The fraction of sp³-hybridized carbons (Fsp3) is 0.400. The van der Waals surface area contributed by atoms with Crippen molar-refractivity contribution < 1.29 is 0 Å². The summed E-state index contributed by atoms with van der Waals surface area (Å²) in [5.74, 6) is 1.00. The van der Waals surface area contributed by atoms with E-state index in [0.717, 1.165) is 12.3 Å². The Kier molecular flexibility index (Phi) is 3.63. The zero-order valence-corrected chi connectivity index (χ0v) is 8.45. The van der Waals surface area contributed by atoms with Crippen LogP contribution in [0.2, 0.25) is 0 Å². The van der Waals surface area contributed by atoms with Crippen molar-refractivity contribution in [3.63, 3.8) is 0 Å². The van der Waals surface area contributed by atoms with Crippen LogP contribution in [0.1, 0.15) is 11.1 Å². The lowest BCUT2D eigenvalue weighted by Gasteiger charge is -2.03. The molecule has 1 nitrogen and oxygen atoms in total. The highest BCUT2D eigenvalue weighted by Crippen LogP contribution is 2.20. The summed E-state index contributed by atoms with van der Waals surface area (Å²) in [7, 11) is 0. The minimum absolute atomic E-state index is 0.748. The van der Waals surface area contributed by atoms with Crippen LogP contribution in [0, 0.1) is 13.8 Å². The summed E-state index contributed by atoms with van der Waals surface area (Å²) in [5, 5.41) is 0. The first-order chi connectivity index (χ1) is 5.74. The summed E-state index contributed by atoms with van der Waals surface area (Å²) in [4.78, 5) is 1.32. The molecule has 0 spiro atoms. The van der Waals surface area contributed by atoms with Gasteiger partial charge in [0.1, 0.15) is 0 Å². The van der Waals surface area contributed by atoms with Gasteiger partial charge in [-0.15, -0.1) is 11.8 Å². The molecule has 0 amide bonds. The van der Waals surface area contributed by atoms with Crippen LogP contribution in [0.5, 0.6) is 0 Å². The second-order valence-electron chi connectivity index (χ2n) is 2.88. The Balaban J connectivity index is 2.69. The van der Waals surface area contributed by atoms with Crippen molar-refractivity contribution in [1.29, 1.82) is 0 Å². The van der Waals surface area contributed by atoms with Crippen LogP contribution < -0.4 is 5.73 Å². The van der Waals surface area contributed by atoms with E-state index in [1.807, 2.05) is 11.8 Å². The minimum atomic E-state index is 0.748. The maximum atomic E-state index is 5.42. The molecule has 0 aromatic heterocycles. The zero-order chi connectivity index (χ0) is 8.97. The lowest BCUT2D eigenvalue weighted by Crippen LogP contribution is -2.00. The molecule has 0 fully saturated rings. The molecule has 2 heteroatoms. The van der Waals surface area contributed by atoms with Crippen molar-refractivity contribution in [2.45, 2.75) is 18.7 Å². The summed E-state index contributed by atoms with van der Waals surface area (Å²) in [6.45, 7) is 5.02. The number of hydrogen-bond donors (Lipinski definition) is 1. The summed E-state index contributed by atoms with van der Waals surface area (Å²) >= 11 is 1.82. The average Bonchev–Trinajstić information content (AvgIpc) is 2.07. The van der Waals surface area contributed by atoms with Crippen LogP contribution in [0.3, 0.4) is 0 Å². The van der Waals surface area contributed by atoms with Crippen LogP contribution in [-0.2, 0) is 0 Å². The molecule has 0 bridgehead atoms. The van der Waals surface area contributed by atoms with E-state index in [-0.39, 0.29) is 0 Å². The molecule has 2 N–H and O–H groups in total. The van der Waals surface area contributed by atoms with E-state index in [2.05, 4.69) is 32.0 Å². The Morgan fingerprint density at radius 3 is 2.58 bits per heavy atom. The highest BCUT2D eigenvalue weighted by atomic mass is 32.2. The van der Waals surface area contributed by atoms with Gasteiger partial charge in [-0.1, -0.05) is 6.07 Å². The van der Waals surface area contributed by atoms with Gasteiger partial charge in [-0.2, -0.15) is 0 Å². The molecule has 0 saturated heterocycles. The van der Waals surface area contributed by atoms with Crippen molar-refractivity contribution in [2.24, 2.45) is 5.73 Å².